The van der Waals surface area contributed by atoms with Crippen LogP contribution in [0, 0.1) is 5.41 Å². The molecular weight excluding hydrogens is 150 g/mol. The van der Waals surface area contributed by atoms with Gasteiger partial charge in [0.25, 0.3) is 0 Å². The highest BCUT2D eigenvalue weighted by Crippen LogP contribution is 2.35. The highest BCUT2D eigenvalue weighted by Gasteiger charge is 2.41. The molecule has 0 bridgehead atoms. The van der Waals surface area contributed by atoms with Gasteiger partial charge in [-0.3, -0.25) is 4.90 Å². The summed E-state index contributed by atoms with van der Waals surface area (Å²) in [6.07, 6.45) is 3.97. The van der Waals surface area contributed by atoms with Crippen LogP contribution in [-0.2, 0) is 0 Å². The van der Waals surface area contributed by atoms with Gasteiger partial charge >= 0.3 is 0 Å². The fraction of sp³-hybridized carbons (Fsp3) is 1.00. The maximum Gasteiger partial charge on any atom is 0.0730 e. The SMILES string of the molecule is CC1(C)CN(C2CCC2)CC1O. The van der Waals surface area contributed by atoms with Crippen molar-refractivity contribution in [1.29, 1.82) is 0 Å². The van der Waals surface area contributed by atoms with Crippen LogP contribution in [0.5, 0.6) is 0 Å². The molecule has 0 amide bonds. The van der Waals surface area contributed by atoms with Crippen LogP contribution in [0.3, 0.4) is 0 Å². The van der Waals surface area contributed by atoms with Crippen molar-refractivity contribution in [2.24, 2.45) is 5.41 Å². The standard InChI is InChI=1S/C10H19NO/c1-10(2)7-11(6-9(10)12)8-4-3-5-8/h8-9,12H,3-7H2,1-2H3. The third kappa shape index (κ3) is 1.27. The monoisotopic (exact) mass is 169 g/mol. The molecule has 2 aliphatic rings. The summed E-state index contributed by atoms with van der Waals surface area (Å²) in [6, 6.07) is 0.793. The average Bonchev–Trinajstić information content (AvgIpc) is 2.02. The van der Waals surface area contributed by atoms with Gasteiger partial charge in [-0.1, -0.05) is 20.3 Å². The van der Waals surface area contributed by atoms with E-state index in [0.29, 0.717) is 0 Å². The van der Waals surface area contributed by atoms with Gasteiger partial charge in [0.05, 0.1) is 6.10 Å². The van der Waals surface area contributed by atoms with E-state index < -0.39 is 0 Å². The van der Waals surface area contributed by atoms with Crippen molar-refractivity contribution < 1.29 is 5.11 Å². The molecule has 2 fully saturated rings. The number of aliphatic hydroxyl groups excluding tert-OH is 1. The van der Waals surface area contributed by atoms with Gasteiger partial charge in [0.2, 0.25) is 0 Å². The van der Waals surface area contributed by atoms with Crippen molar-refractivity contribution in [2.45, 2.75) is 45.3 Å². The van der Waals surface area contributed by atoms with Crippen molar-refractivity contribution in [3.63, 3.8) is 0 Å². The minimum absolute atomic E-state index is 0.113. The van der Waals surface area contributed by atoms with Gasteiger partial charge in [0, 0.05) is 24.5 Å². The Morgan fingerprint density at radius 3 is 2.33 bits per heavy atom. The van der Waals surface area contributed by atoms with Crippen LogP contribution >= 0.6 is 0 Å². The van der Waals surface area contributed by atoms with Gasteiger partial charge in [-0.05, 0) is 12.8 Å². The number of hydrogen-bond donors (Lipinski definition) is 1. The first kappa shape index (κ1) is 8.52. The number of likely N-dealkylation sites (tertiary alicyclic amines) is 1. The Bertz CT molecular complexity index is 175. The third-order valence-corrected chi connectivity index (χ3v) is 3.51. The highest BCUT2D eigenvalue weighted by atomic mass is 16.3. The van der Waals surface area contributed by atoms with Crippen molar-refractivity contribution in [3.8, 4) is 0 Å². The van der Waals surface area contributed by atoms with Gasteiger partial charge in [-0.25, -0.2) is 0 Å². The Kier molecular flexibility index (Phi) is 1.92. The van der Waals surface area contributed by atoms with Crippen molar-refractivity contribution in [2.75, 3.05) is 13.1 Å². The number of nitrogens with zero attached hydrogens (tertiary/aromatic N) is 1. The second kappa shape index (κ2) is 2.71. The van der Waals surface area contributed by atoms with Crippen LogP contribution in [-0.4, -0.2) is 35.2 Å². The fourth-order valence-electron chi connectivity index (χ4n) is 2.19. The van der Waals surface area contributed by atoms with Gasteiger partial charge in [0.15, 0.2) is 0 Å². The minimum Gasteiger partial charge on any atom is -0.391 e. The first-order valence-electron chi connectivity index (χ1n) is 5.02. The Labute approximate surface area is 74.6 Å². The molecule has 2 rings (SSSR count). The number of β-amino-alcohol motifs (C(OH)–C–C–N with tert-alkyl or cyclic N) is 1. The Balaban J connectivity index is 1.95. The molecule has 0 aromatic heterocycles. The van der Waals surface area contributed by atoms with Gasteiger partial charge < -0.3 is 5.11 Å². The second-order valence-corrected chi connectivity index (χ2v) is 5.02. The lowest BCUT2D eigenvalue weighted by atomic mass is 9.89. The smallest absolute Gasteiger partial charge is 0.0730 e. The summed E-state index contributed by atoms with van der Waals surface area (Å²) in [5, 5.41) is 9.75. The number of hydrogen-bond acceptors (Lipinski definition) is 2. The Morgan fingerprint density at radius 2 is 2.00 bits per heavy atom. The van der Waals surface area contributed by atoms with E-state index >= 15 is 0 Å². The first-order chi connectivity index (χ1) is 5.59. The summed E-state index contributed by atoms with van der Waals surface area (Å²) in [4.78, 5) is 2.47. The molecule has 0 aromatic rings. The van der Waals surface area contributed by atoms with Crippen molar-refractivity contribution in [3.05, 3.63) is 0 Å². The quantitative estimate of drug-likeness (QED) is 0.638. The average molecular weight is 169 g/mol. The van der Waals surface area contributed by atoms with E-state index in [-0.39, 0.29) is 11.5 Å². The van der Waals surface area contributed by atoms with E-state index in [9.17, 15) is 5.11 Å². The van der Waals surface area contributed by atoms with E-state index in [1.165, 1.54) is 19.3 Å². The third-order valence-electron chi connectivity index (χ3n) is 3.51. The lowest BCUT2D eigenvalue weighted by Crippen LogP contribution is -2.39. The molecule has 2 nitrogen and oxygen atoms in total. The van der Waals surface area contributed by atoms with Crippen LogP contribution < -0.4 is 0 Å². The second-order valence-electron chi connectivity index (χ2n) is 5.02. The van der Waals surface area contributed by atoms with Crippen molar-refractivity contribution in [1.82, 2.24) is 4.90 Å². The Morgan fingerprint density at radius 1 is 1.33 bits per heavy atom. The van der Waals surface area contributed by atoms with Gasteiger partial charge in [0.1, 0.15) is 0 Å². The molecule has 0 aromatic carbocycles. The highest BCUT2D eigenvalue weighted by molar-refractivity contribution is 4.95. The van der Waals surface area contributed by atoms with Gasteiger partial charge in [-0.15, -0.1) is 0 Å². The lowest BCUT2D eigenvalue weighted by molar-refractivity contribution is 0.0933. The van der Waals surface area contributed by atoms with Crippen LogP contribution in [0.4, 0.5) is 0 Å². The predicted molar refractivity (Wildman–Crippen MR) is 49.0 cm³/mol. The normalized spacial score (nSPS) is 36.8. The summed E-state index contributed by atoms with van der Waals surface area (Å²) < 4.78 is 0. The van der Waals surface area contributed by atoms with Crippen LogP contribution in [0.15, 0.2) is 0 Å². The Hall–Kier alpha value is -0.0800. The molecular formula is C10H19NO. The maximum absolute atomic E-state index is 9.75. The zero-order valence-electron chi connectivity index (χ0n) is 8.08. The molecule has 1 aliphatic carbocycles. The molecule has 0 spiro atoms. The summed E-state index contributed by atoms with van der Waals surface area (Å²) in [5.41, 5.74) is 0.121. The molecule has 2 heteroatoms. The molecule has 1 unspecified atom stereocenters. The molecule has 1 atom stereocenters. The summed E-state index contributed by atoms with van der Waals surface area (Å²) >= 11 is 0. The van der Waals surface area contributed by atoms with Crippen LogP contribution in [0.25, 0.3) is 0 Å². The summed E-state index contributed by atoms with van der Waals surface area (Å²) in [5.74, 6) is 0. The molecule has 1 saturated carbocycles. The van der Waals surface area contributed by atoms with E-state index in [4.69, 9.17) is 0 Å². The molecule has 1 aliphatic heterocycles. The van der Waals surface area contributed by atoms with Crippen LogP contribution in [0.1, 0.15) is 33.1 Å². The molecule has 0 radical (unpaired) electrons. The van der Waals surface area contributed by atoms with E-state index in [0.717, 1.165) is 19.1 Å². The lowest BCUT2D eigenvalue weighted by Gasteiger charge is -2.35. The van der Waals surface area contributed by atoms with Gasteiger partial charge in [-0.2, -0.15) is 0 Å². The van der Waals surface area contributed by atoms with E-state index in [2.05, 4.69) is 18.7 Å². The maximum atomic E-state index is 9.75. The minimum atomic E-state index is -0.113. The summed E-state index contributed by atoms with van der Waals surface area (Å²) in [6.45, 7) is 6.31. The molecule has 1 saturated heterocycles. The van der Waals surface area contributed by atoms with E-state index in [1.807, 2.05) is 0 Å². The first-order valence-corrected chi connectivity index (χ1v) is 5.02. The molecule has 1 heterocycles. The number of rotatable bonds is 1. The number of aliphatic hydroxyl groups is 1. The zero-order chi connectivity index (χ0) is 8.77. The largest absolute Gasteiger partial charge is 0.391 e. The van der Waals surface area contributed by atoms with Crippen LogP contribution in [0.2, 0.25) is 0 Å². The molecule has 70 valence electrons. The van der Waals surface area contributed by atoms with Crippen molar-refractivity contribution >= 4 is 0 Å². The molecule has 12 heavy (non-hydrogen) atoms. The predicted octanol–water partition coefficient (Wildman–Crippen LogP) is 1.24. The fourth-order valence-corrected chi connectivity index (χ4v) is 2.19. The summed E-state index contributed by atoms with van der Waals surface area (Å²) in [7, 11) is 0. The zero-order valence-corrected chi connectivity index (χ0v) is 8.08. The molecule has 1 N–H and O–H groups in total. The topological polar surface area (TPSA) is 23.5 Å². The van der Waals surface area contributed by atoms with E-state index in [1.54, 1.807) is 0 Å².